The summed E-state index contributed by atoms with van der Waals surface area (Å²) >= 11 is 0. The lowest BCUT2D eigenvalue weighted by Crippen LogP contribution is -2.45. The van der Waals surface area contributed by atoms with Crippen LogP contribution in [-0.4, -0.2) is 37.3 Å². The summed E-state index contributed by atoms with van der Waals surface area (Å²) in [7, 11) is 1.92. The molecule has 0 aliphatic carbocycles. The minimum Gasteiger partial charge on any atom is -0.480 e. The lowest BCUT2D eigenvalue weighted by atomic mass is 10.1. The molecule has 1 aromatic rings. The highest BCUT2D eigenvalue weighted by molar-refractivity contribution is 5.74. The normalized spacial score (nSPS) is 12.2. The Bertz CT molecular complexity index is 398. The van der Waals surface area contributed by atoms with E-state index in [1.807, 2.05) is 32.7 Å². The number of nitrogens with zero attached hydrogens (tertiary/aromatic N) is 1. The van der Waals surface area contributed by atoms with Gasteiger partial charge in [-0.3, -0.25) is 4.79 Å². The van der Waals surface area contributed by atoms with Crippen LogP contribution in [0.3, 0.4) is 0 Å². The molecule has 18 heavy (non-hydrogen) atoms. The van der Waals surface area contributed by atoms with Crippen LogP contribution in [0.2, 0.25) is 0 Å². The molecule has 0 saturated heterocycles. The average Bonchev–Trinajstić information content (AvgIpc) is 2.26. The maximum atomic E-state index is 11.1. The summed E-state index contributed by atoms with van der Waals surface area (Å²) in [6.07, 6.45) is 0. The molecule has 0 radical (unpaired) electrons. The summed E-state index contributed by atoms with van der Waals surface area (Å²) in [6.45, 7) is 7.10. The second kappa shape index (κ2) is 6.40. The predicted octanol–water partition coefficient (Wildman–Crippen LogP) is 1.80. The second-order valence-corrected chi connectivity index (χ2v) is 4.67. The second-order valence-electron chi connectivity index (χ2n) is 4.67. The van der Waals surface area contributed by atoms with Crippen LogP contribution < -0.4 is 10.2 Å². The molecule has 1 atom stereocenters. The van der Waals surface area contributed by atoms with Gasteiger partial charge in [-0.05, 0) is 43.7 Å². The van der Waals surface area contributed by atoms with E-state index < -0.39 is 12.0 Å². The number of benzene rings is 1. The Hall–Kier alpha value is -1.55. The molecule has 0 amide bonds. The van der Waals surface area contributed by atoms with E-state index in [1.54, 1.807) is 0 Å². The van der Waals surface area contributed by atoms with Gasteiger partial charge >= 0.3 is 5.97 Å². The van der Waals surface area contributed by atoms with Crippen molar-refractivity contribution in [3.05, 3.63) is 29.3 Å². The summed E-state index contributed by atoms with van der Waals surface area (Å²) in [6, 6.07) is 5.70. The standard InChI is InChI=1S/C14H22N2O2/c1-5-15-13(14(17)18)9-16(4)12-7-10(2)6-11(3)8-12/h6-8,13,15H,5,9H2,1-4H3,(H,17,18). The zero-order valence-corrected chi connectivity index (χ0v) is 11.5. The number of aliphatic carboxylic acids is 1. The fourth-order valence-corrected chi connectivity index (χ4v) is 2.03. The van der Waals surface area contributed by atoms with E-state index >= 15 is 0 Å². The van der Waals surface area contributed by atoms with Crippen LogP contribution in [0, 0.1) is 13.8 Å². The summed E-state index contributed by atoms with van der Waals surface area (Å²) in [5.41, 5.74) is 3.43. The molecule has 0 fully saturated rings. The quantitative estimate of drug-likeness (QED) is 0.808. The van der Waals surface area contributed by atoms with Crippen LogP contribution in [0.4, 0.5) is 5.69 Å². The first-order valence-corrected chi connectivity index (χ1v) is 6.19. The van der Waals surface area contributed by atoms with Crippen LogP contribution in [0.25, 0.3) is 0 Å². The molecule has 4 nitrogen and oxygen atoms in total. The molecule has 0 aliphatic rings. The summed E-state index contributed by atoms with van der Waals surface area (Å²) in [5, 5.41) is 12.1. The van der Waals surface area contributed by atoms with Crippen LogP contribution in [0.5, 0.6) is 0 Å². The van der Waals surface area contributed by atoms with Gasteiger partial charge in [0.2, 0.25) is 0 Å². The molecule has 0 saturated carbocycles. The summed E-state index contributed by atoms with van der Waals surface area (Å²) in [4.78, 5) is 13.1. The lowest BCUT2D eigenvalue weighted by Gasteiger charge is -2.24. The van der Waals surface area contributed by atoms with Crippen molar-refractivity contribution in [1.29, 1.82) is 0 Å². The highest BCUT2D eigenvalue weighted by Crippen LogP contribution is 2.17. The van der Waals surface area contributed by atoms with Crippen molar-refractivity contribution in [2.45, 2.75) is 26.8 Å². The number of carboxylic acid groups (broad SMARTS) is 1. The van der Waals surface area contributed by atoms with Crippen molar-refractivity contribution in [3.63, 3.8) is 0 Å². The maximum absolute atomic E-state index is 11.1. The monoisotopic (exact) mass is 250 g/mol. The van der Waals surface area contributed by atoms with Gasteiger partial charge in [-0.15, -0.1) is 0 Å². The smallest absolute Gasteiger partial charge is 0.322 e. The van der Waals surface area contributed by atoms with Crippen LogP contribution in [0.1, 0.15) is 18.1 Å². The van der Waals surface area contributed by atoms with Crippen molar-refractivity contribution in [2.75, 3.05) is 25.0 Å². The Kier molecular flexibility index (Phi) is 5.16. The molecular weight excluding hydrogens is 228 g/mol. The Morgan fingerprint density at radius 1 is 1.33 bits per heavy atom. The van der Waals surface area contributed by atoms with E-state index in [1.165, 1.54) is 11.1 Å². The van der Waals surface area contributed by atoms with Crippen molar-refractivity contribution in [2.24, 2.45) is 0 Å². The van der Waals surface area contributed by atoms with Gasteiger partial charge < -0.3 is 15.3 Å². The number of aryl methyl sites for hydroxylation is 2. The third kappa shape index (κ3) is 4.04. The number of hydrogen-bond acceptors (Lipinski definition) is 3. The van der Waals surface area contributed by atoms with E-state index in [2.05, 4.69) is 23.5 Å². The van der Waals surface area contributed by atoms with Crippen LogP contribution in [0.15, 0.2) is 18.2 Å². The van der Waals surface area contributed by atoms with Crippen molar-refractivity contribution >= 4 is 11.7 Å². The minimum atomic E-state index is -0.812. The Balaban J connectivity index is 2.79. The number of nitrogens with one attached hydrogen (secondary N) is 1. The first-order chi connectivity index (χ1) is 8.43. The molecule has 0 aliphatic heterocycles. The lowest BCUT2D eigenvalue weighted by molar-refractivity contribution is -0.139. The highest BCUT2D eigenvalue weighted by atomic mass is 16.4. The summed E-state index contributed by atoms with van der Waals surface area (Å²) < 4.78 is 0. The van der Waals surface area contributed by atoms with E-state index in [0.717, 1.165) is 5.69 Å². The fraction of sp³-hybridized carbons (Fsp3) is 0.500. The van der Waals surface area contributed by atoms with Crippen molar-refractivity contribution < 1.29 is 9.90 Å². The SMILES string of the molecule is CCNC(CN(C)c1cc(C)cc(C)c1)C(=O)O. The minimum absolute atomic E-state index is 0.450. The predicted molar refractivity (Wildman–Crippen MR) is 74.3 cm³/mol. The van der Waals surface area contributed by atoms with Gasteiger partial charge in [-0.25, -0.2) is 0 Å². The largest absolute Gasteiger partial charge is 0.480 e. The third-order valence-electron chi connectivity index (χ3n) is 2.85. The number of carbonyl (C=O) groups is 1. The molecule has 0 aromatic heterocycles. The maximum Gasteiger partial charge on any atom is 0.322 e. The molecule has 1 aromatic carbocycles. The van der Waals surface area contributed by atoms with Gasteiger partial charge in [0.15, 0.2) is 0 Å². The highest BCUT2D eigenvalue weighted by Gasteiger charge is 2.18. The van der Waals surface area contributed by atoms with E-state index in [4.69, 9.17) is 5.11 Å². The molecule has 4 heteroatoms. The first-order valence-electron chi connectivity index (χ1n) is 6.19. The Morgan fingerprint density at radius 3 is 2.33 bits per heavy atom. The zero-order chi connectivity index (χ0) is 13.7. The van der Waals surface area contributed by atoms with Gasteiger partial charge in [0.1, 0.15) is 6.04 Å². The Morgan fingerprint density at radius 2 is 1.89 bits per heavy atom. The van der Waals surface area contributed by atoms with Crippen molar-refractivity contribution in [1.82, 2.24) is 5.32 Å². The number of carboxylic acids is 1. The van der Waals surface area contributed by atoms with Gasteiger partial charge in [0, 0.05) is 19.3 Å². The van der Waals surface area contributed by atoms with E-state index in [0.29, 0.717) is 13.1 Å². The van der Waals surface area contributed by atoms with Crippen LogP contribution in [-0.2, 0) is 4.79 Å². The van der Waals surface area contributed by atoms with Gasteiger partial charge in [-0.1, -0.05) is 13.0 Å². The van der Waals surface area contributed by atoms with Gasteiger partial charge in [0.25, 0.3) is 0 Å². The third-order valence-corrected chi connectivity index (χ3v) is 2.85. The number of rotatable bonds is 6. The first kappa shape index (κ1) is 14.5. The molecule has 1 unspecified atom stereocenters. The summed E-state index contributed by atoms with van der Waals surface area (Å²) in [5.74, 6) is -0.812. The number of anilines is 1. The molecule has 0 spiro atoms. The number of hydrogen-bond donors (Lipinski definition) is 2. The zero-order valence-electron chi connectivity index (χ0n) is 11.5. The molecular formula is C14H22N2O2. The molecule has 2 N–H and O–H groups in total. The number of likely N-dealkylation sites (N-methyl/N-ethyl adjacent to an activating group) is 2. The molecule has 0 bridgehead atoms. The fourth-order valence-electron chi connectivity index (χ4n) is 2.03. The Labute approximate surface area is 109 Å². The molecule has 100 valence electrons. The van der Waals surface area contributed by atoms with E-state index in [9.17, 15) is 4.79 Å². The van der Waals surface area contributed by atoms with Gasteiger partial charge in [0.05, 0.1) is 0 Å². The molecule has 1 rings (SSSR count). The molecule has 0 heterocycles. The van der Waals surface area contributed by atoms with Gasteiger partial charge in [-0.2, -0.15) is 0 Å². The van der Waals surface area contributed by atoms with E-state index in [-0.39, 0.29) is 0 Å². The topological polar surface area (TPSA) is 52.6 Å². The van der Waals surface area contributed by atoms with Crippen LogP contribution >= 0.6 is 0 Å². The average molecular weight is 250 g/mol. The van der Waals surface area contributed by atoms with Crippen molar-refractivity contribution in [3.8, 4) is 0 Å².